The third kappa shape index (κ3) is 3.64. The van der Waals surface area contributed by atoms with E-state index in [-0.39, 0.29) is 22.0 Å². The largest absolute Gasteiger partial charge is 0.504 e. The fraction of sp³-hybridized carbons (Fsp3) is 0.0714. The summed E-state index contributed by atoms with van der Waals surface area (Å²) in [7, 11) is 0. The summed E-state index contributed by atoms with van der Waals surface area (Å²) in [4.78, 5) is 25.7. The monoisotopic (exact) mass is 357 g/mol. The van der Waals surface area contributed by atoms with Gasteiger partial charge >= 0.3 is 11.9 Å². The predicted molar refractivity (Wildman–Crippen MR) is 81.0 cm³/mol. The first kappa shape index (κ1) is 16.9. The SMILES string of the molecule is O=C(O)C(Oc1cccc(-c2ncc(Cl)cc2Cl)c1O)C(=O)O. The minimum atomic E-state index is -2.16. The normalized spacial score (nSPS) is 10.6. The summed E-state index contributed by atoms with van der Waals surface area (Å²) in [5, 5.41) is 28.3. The minimum Gasteiger partial charge on any atom is -0.504 e. The van der Waals surface area contributed by atoms with Crippen LogP contribution in [-0.4, -0.2) is 38.3 Å². The average molecular weight is 358 g/mol. The second-order valence-corrected chi connectivity index (χ2v) is 5.15. The van der Waals surface area contributed by atoms with Crippen LogP contribution in [0.5, 0.6) is 11.5 Å². The molecule has 0 aliphatic carbocycles. The number of pyridine rings is 1. The maximum Gasteiger partial charge on any atom is 0.356 e. The maximum atomic E-state index is 10.9. The molecule has 7 nitrogen and oxygen atoms in total. The van der Waals surface area contributed by atoms with Crippen LogP contribution in [0, 0.1) is 0 Å². The number of carbonyl (C=O) groups is 2. The van der Waals surface area contributed by atoms with Gasteiger partial charge in [0.25, 0.3) is 6.10 Å². The molecule has 0 spiro atoms. The Morgan fingerprint density at radius 1 is 1.17 bits per heavy atom. The Morgan fingerprint density at radius 3 is 2.39 bits per heavy atom. The molecule has 23 heavy (non-hydrogen) atoms. The number of carboxylic acid groups (broad SMARTS) is 2. The van der Waals surface area contributed by atoms with E-state index in [0.29, 0.717) is 5.02 Å². The number of ether oxygens (including phenoxy) is 1. The molecule has 120 valence electrons. The van der Waals surface area contributed by atoms with E-state index < -0.39 is 23.8 Å². The molecule has 0 saturated carbocycles. The van der Waals surface area contributed by atoms with E-state index in [9.17, 15) is 14.7 Å². The van der Waals surface area contributed by atoms with Crippen molar-refractivity contribution in [2.45, 2.75) is 6.10 Å². The van der Waals surface area contributed by atoms with Crippen molar-refractivity contribution in [2.24, 2.45) is 0 Å². The van der Waals surface area contributed by atoms with Gasteiger partial charge in [0.15, 0.2) is 11.5 Å². The highest BCUT2D eigenvalue weighted by molar-refractivity contribution is 6.36. The van der Waals surface area contributed by atoms with E-state index in [1.807, 2.05) is 0 Å². The molecule has 0 aliphatic heterocycles. The van der Waals surface area contributed by atoms with Crippen molar-refractivity contribution >= 4 is 35.1 Å². The summed E-state index contributed by atoms with van der Waals surface area (Å²) in [6.07, 6.45) is -0.850. The molecule has 0 amide bonds. The van der Waals surface area contributed by atoms with Crippen molar-refractivity contribution in [3.05, 3.63) is 40.5 Å². The van der Waals surface area contributed by atoms with Gasteiger partial charge in [0, 0.05) is 11.8 Å². The second kappa shape index (κ2) is 6.72. The molecule has 0 bridgehead atoms. The molecule has 0 atom stereocenters. The predicted octanol–water partition coefficient (Wildman–Crippen LogP) is 2.68. The van der Waals surface area contributed by atoms with E-state index in [2.05, 4.69) is 4.98 Å². The Labute approximate surface area is 139 Å². The number of phenolic OH excluding ortho intramolecular Hbond substituents is 1. The molecule has 1 aromatic carbocycles. The van der Waals surface area contributed by atoms with Crippen molar-refractivity contribution in [3.8, 4) is 22.8 Å². The smallest absolute Gasteiger partial charge is 0.356 e. The molecule has 2 aromatic rings. The number of aliphatic carboxylic acids is 2. The summed E-state index contributed by atoms with van der Waals surface area (Å²) in [6, 6.07) is 5.52. The van der Waals surface area contributed by atoms with Gasteiger partial charge in [0.05, 0.1) is 15.7 Å². The molecular weight excluding hydrogens is 349 g/mol. The lowest BCUT2D eigenvalue weighted by atomic mass is 10.1. The zero-order chi connectivity index (χ0) is 17.1. The first-order valence-corrected chi connectivity index (χ1v) is 6.82. The molecule has 1 aromatic heterocycles. The van der Waals surface area contributed by atoms with Crippen LogP contribution in [0.1, 0.15) is 0 Å². The lowest BCUT2D eigenvalue weighted by Gasteiger charge is -2.14. The number of nitrogens with zero attached hydrogens (tertiary/aromatic N) is 1. The van der Waals surface area contributed by atoms with Gasteiger partial charge < -0.3 is 20.1 Å². The zero-order valence-electron chi connectivity index (χ0n) is 11.2. The third-order valence-electron chi connectivity index (χ3n) is 2.76. The highest BCUT2D eigenvalue weighted by Crippen LogP contribution is 2.39. The van der Waals surface area contributed by atoms with E-state index in [0.717, 1.165) is 0 Å². The zero-order valence-corrected chi connectivity index (χ0v) is 12.7. The van der Waals surface area contributed by atoms with Crippen LogP contribution in [0.2, 0.25) is 10.0 Å². The molecule has 0 fully saturated rings. The fourth-order valence-electron chi connectivity index (χ4n) is 1.75. The van der Waals surface area contributed by atoms with E-state index in [1.54, 1.807) is 0 Å². The van der Waals surface area contributed by atoms with Crippen LogP contribution in [0.25, 0.3) is 11.3 Å². The van der Waals surface area contributed by atoms with Crippen LogP contribution in [0.3, 0.4) is 0 Å². The van der Waals surface area contributed by atoms with Crippen LogP contribution < -0.4 is 4.74 Å². The quantitative estimate of drug-likeness (QED) is 0.704. The summed E-state index contributed by atoms with van der Waals surface area (Å²) in [5.41, 5.74) is 0.319. The fourth-order valence-corrected chi connectivity index (χ4v) is 2.24. The summed E-state index contributed by atoms with van der Waals surface area (Å²) < 4.78 is 4.85. The van der Waals surface area contributed by atoms with Gasteiger partial charge in [0.2, 0.25) is 0 Å². The molecule has 0 radical (unpaired) electrons. The number of para-hydroxylation sites is 1. The number of halogens is 2. The van der Waals surface area contributed by atoms with Crippen LogP contribution in [0.4, 0.5) is 0 Å². The van der Waals surface area contributed by atoms with Crippen molar-refractivity contribution in [2.75, 3.05) is 0 Å². The number of hydrogen-bond donors (Lipinski definition) is 3. The number of phenols is 1. The number of hydrogen-bond acceptors (Lipinski definition) is 5. The summed E-state index contributed by atoms with van der Waals surface area (Å²) in [6.45, 7) is 0. The van der Waals surface area contributed by atoms with Gasteiger partial charge in [0.1, 0.15) is 0 Å². The van der Waals surface area contributed by atoms with Gasteiger partial charge in [-0.3, -0.25) is 4.98 Å². The van der Waals surface area contributed by atoms with Crippen molar-refractivity contribution in [1.82, 2.24) is 4.98 Å². The highest BCUT2D eigenvalue weighted by Gasteiger charge is 2.29. The first-order valence-electron chi connectivity index (χ1n) is 6.07. The number of aromatic nitrogens is 1. The lowest BCUT2D eigenvalue weighted by molar-refractivity contribution is -0.159. The molecule has 0 aliphatic rings. The Bertz CT molecular complexity index is 766. The summed E-state index contributed by atoms with van der Waals surface area (Å²) in [5.74, 6) is -4.23. The van der Waals surface area contributed by atoms with E-state index >= 15 is 0 Å². The Hall–Kier alpha value is -2.51. The van der Waals surface area contributed by atoms with Crippen LogP contribution in [-0.2, 0) is 9.59 Å². The van der Waals surface area contributed by atoms with Gasteiger partial charge in [-0.05, 0) is 18.2 Å². The van der Waals surface area contributed by atoms with Gasteiger partial charge in [-0.15, -0.1) is 0 Å². The Kier molecular flexibility index (Phi) is 4.92. The maximum absolute atomic E-state index is 10.9. The van der Waals surface area contributed by atoms with Crippen LogP contribution >= 0.6 is 23.2 Å². The molecular formula is C14H9Cl2NO6. The Morgan fingerprint density at radius 2 is 1.83 bits per heavy atom. The summed E-state index contributed by atoms with van der Waals surface area (Å²) >= 11 is 11.8. The van der Waals surface area contributed by atoms with E-state index in [4.69, 9.17) is 38.2 Å². The standard InChI is InChI=1S/C14H9Cl2NO6/c15-6-4-8(16)10(17-5-6)7-2-1-3-9(11(7)18)23-12(13(19)20)14(21)22/h1-5,12,18H,(H,19,20)(H,21,22). The van der Waals surface area contributed by atoms with Crippen molar-refractivity contribution < 1.29 is 29.6 Å². The van der Waals surface area contributed by atoms with Crippen molar-refractivity contribution in [1.29, 1.82) is 0 Å². The average Bonchev–Trinajstić information content (AvgIpc) is 2.46. The first-order chi connectivity index (χ1) is 10.8. The minimum absolute atomic E-state index is 0.138. The molecule has 3 N–H and O–H groups in total. The number of rotatable bonds is 5. The second-order valence-electron chi connectivity index (χ2n) is 4.31. The van der Waals surface area contributed by atoms with Gasteiger partial charge in [-0.25, -0.2) is 9.59 Å². The van der Waals surface area contributed by atoms with Gasteiger partial charge in [-0.1, -0.05) is 29.3 Å². The molecule has 2 rings (SSSR count). The number of aromatic hydroxyl groups is 1. The molecule has 1 heterocycles. The number of benzene rings is 1. The molecule has 0 saturated heterocycles. The topological polar surface area (TPSA) is 117 Å². The highest BCUT2D eigenvalue weighted by atomic mass is 35.5. The van der Waals surface area contributed by atoms with Crippen LogP contribution in [0.15, 0.2) is 30.5 Å². The Balaban J connectivity index is 2.46. The van der Waals surface area contributed by atoms with Gasteiger partial charge in [-0.2, -0.15) is 0 Å². The van der Waals surface area contributed by atoms with E-state index in [1.165, 1.54) is 30.5 Å². The molecule has 0 unspecified atom stereocenters. The van der Waals surface area contributed by atoms with Crippen molar-refractivity contribution in [3.63, 3.8) is 0 Å². The number of carboxylic acids is 2. The third-order valence-corrected chi connectivity index (χ3v) is 3.25. The lowest BCUT2D eigenvalue weighted by Crippen LogP contribution is -2.35. The molecule has 9 heteroatoms.